The summed E-state index contributed by atoms with van der Waals surface area (Å²) >= 11 is 6.30. The fourth-order valence-corrected chi connectivity index (χ4v) is 3.00. The first-order valence-electron chi connectivity index (χ1n) is 7.09. The van der Waals surface area contributed by atoms with Crippen LogP contribution in [0.25, 0.3) is 0 Å². The van der Waals surface area contributed by atoms with Crippen molar-refractivity contribution in [1.29, 1.82) is 0 Å². The van der Waals surface area contributed by atoms with Crippen molar-refractivity contribution in [2.24, 2.45) is 7.05 Å². The lowest BCUT2D eigenvalue weighted by molar-refractivity contribution is 0.0994. The van der Waals surface area contributed by atoms with Crippen LogP contribution >= 0.6 is 11.6 Å². The molecule has 1 aromatic heterocycles. The third-order valence-electron chi connectivity index (χ3n) is 3.88. The minimum atomic E-state index is 0.221. The van der Waals surface area contributed by atoms with Gasteiger partial charge in [-0.05, 0) is 36.6 Å². The average Bonchev–Trinajstić information content (AvgIpc) is 2.98. The maximum absolute atomic E-state index is 11.6. The molecule has 0 fully saturated rings. The number of rotatable bonds is 4. The van der Waals surface area contributed by atoms with Gasteiger partial charge in [0, 0.05) is 19.0 Å². The Balaban J connectivity index is 1.77. The van der Waals surface area contributed by atoms with Crippen molar-refractivity contribution in [3.05, 3.63) is 45.7 Å². The third kappa shape index (κ3) is 2.56. The molecule has 2 aromatic rings. The molecule has 1 heterocycles. The number of aromatic nitrogens is 2. The molecule has 3 rings (SSSR count). The summed E-state index contributed by atoms with van der Waals surface area (Å²) in [6.45, 7) is 2.39. The zero-order chi connectivity index (χ0) is 15.0. The molecule has 0 atom stereocenters. The molecule has 0 saturated heterocycles. The number of carbonyl (C=O) groups excluding carboxylic acids is 1. The second-order valence-corrected chi connectivity index (χ2v) is 5.59. The molecule has 0 aliphatic heterocycles. The fraction of sp³-hybridized carbons (Fsp3) is 0.375. The Labute approximate surface area is 128 Å². The van der Waals surface area contributed by atoms with Gasteiger partial charge in [0.05, 0.1) is 16.4 Å². The highest BCUT2D eigenvalue weighted by atomic mass is 35.5. The van der Waals surface area contributed by atoms with Crippen LogP contribution in [-0.2, 0) is 26.5 Å². The number of ketones is 1. The third-order valence-corrected chi connectivity index (χ3v) is 4.31. The molecule has 21 heavy (non-hydrogen) atoms. The maximum Gasteiger partial charge on any atom is 0.163 e. The summed E-state index contributed by atoms with van der Waals surface area (Å²) in [7, 11) is 1.87. The molecule has 4 nitrogen and oxygen atoms in total. The van der Waals surface area contributed by atoms with Crippen LogP contribution in [-0.4, -0.2) is 15.6 Å². The van der Waals surface area contributed by atoms with E-state index < -0.39 is 0 Å². The van der Waals surface area contributed by atoms with Crippen LogP contribution in [0.4, 0.5) is 0 Å². The number of ether oxygens (including phenoxy) is 1. The Bertz CT molecular complexity index is 707. The lowest BCUT2D eigenvalue weighted by atomic mass is 10.1. The standard InChI is InChI=1S/C16H17ClN2O2/c1-3-13-16(17)14(19(2)18-13)9-21-11-5-6-12-10(8-11)4-7-15(12)20/h5-6,8H,3-4,7,9H2,1-2H3. The summed E-state index contributed by atoms with van der Waals surface area (Å²) < 4.78 is 7.58. The van der Waals surface area contributed by atoms with Crippen LogP contribution in [0.1, 0.15) is 40.7 Å². The quantitative estimate of drug-likeness (QED) is 0.870. The van der Waals surface area contributed by atoms with E-state index in [9.17, 15) is 4.79 Å². The van der Waals surface area contributed by atoms with E-state index >= 15 is 0 Å². The van der Waals surface area contributed by atoms with Gasteiger partial charge in [-0.3, -0.25) is 9.48 Å². The highest BCUT2D eigenvalue weighted by molar-refractivity contribution is 6.31. The van der Waals surface area contributed by atoms with E-state index in [0.29, 0.717) is 18.1 Å². The number of halogens is 1. The van der Waals surface area contributed by atoms with Gasteiger partial charge in [-0.15, -0.1) is 0 Å². The van der Waals surface area contributed by atoms with E-state index in [0.717, 1.165) is 41.1 Å². The molecular formula is C16H17ClN2O2. The second-order valence-electron chi connectivity index (χ2n) is 5.22. The van der Waals surface area contributed by atoms with Crippen molar-refractivity contribution in [3.8, 4) is 5.75 Å². The van der Waals surface area contributed by atoms with Crippen LogP contribution < -0.4 is 4.74 Å². The molecule has 0 saturated carbocycles. The topological polar surface area (TPSA) is 44.1 Å². The van der Waals surface area contributed by atoms with Gasteiger partial charge in [0.1, 0.15) is 12.4 Å². The van der Waals surface area contributed by atoms with Crippen LogP contribution in [0.15, 0.2) is 18.2 Å². The summed E-state index contributed by atoms with van der Waals surface area (Å²) in [4.78, 5) is 11.6. The summed E-state index contributed by atoms with van der Waals surface area (Å²) in [5.41, 5.74) is 3.65. The van der Waals surface area contributed by atoms with E-state index in [1.165, 1.54) is 0 Å². The fourth-order valence-electron chi connectivity index (χ4n) is 2.65. The van der Waals surface area contributed by atoms with Gasteiger partial charge < -0.3 is 4.74 Å². The normalized spacial score (nSPS) is 13.6. The van der Waals surface area contributed by atoms with Crippen LogP contribution in [0, 0.1) is 0 Å². The van der Waals surface area contributed by atoms with Crippen molar-refractivity contribution in [2.45, 2.75) is 32.8 Å². The van der Waals surface area contributed by atoms with Crippen molar-refractivity contribution < 1.29 is 9.53 Å². The predicted molar refractivity (Wildman–Crippen MR) is 81.0 cm³/mol. The monoisotopic (exact) mass is 304 g/mol. The van der Waals surface area contributed by atoms with Crippen LogP contribution in [0.3, 0.4) is 0 Å². The highest BCUT2D eigenvalue weighted by Crippen LogP contribution is 2.27. The Morgan fingerprint density at radius 3 is 2.90 bits per heavy atom. The summed E-state index contributed by atoms with van der Waals surface area (Å²) in [6.07, 6.45) is 2.21. The number of Topliss-reactive ketones (excluding diaryl/α,β-unsaturated/α-hetero) is 1. The molecule has 0 unspecified atom stereocenters. The Hall–Kier alpha value is -1.81. The lowest BCUT2D eigenvalue weighted by Gasteiger charge is -2.08. The van der Waals surface area contributed by atoms with Crippen molar-refractivity contribution in [1.82, 2.24) is 9.78 Å². The molecule has 1 aromatic carbocycles. The van der Waals surface area contributed by atoms with E-state index in [-0.39, 0.29) is 5.78 Å². The number of nitrogens with zero attached hydrogens (tertiary/aromatic N) is 2. The van der Waals surface area contributed by atoms with Crippen molar-refractivity contribution in [3.63, 3.8) is 0 Å². The number of carbonyl (C=O) groups is 1. The summed E-state index contributed by atoms with van der Waals surface area (Å²) in [6, 6.07) is 5.64. The number of benzene rings is 1. The van der Waals surface area contributed by atoms with Crippen molar-refractivity contribution >= 4 is 17.4 Å². The van der Waals surface area contributed by atoms with Gasteiger partial charge in [-0.2, -0.15) is 5.10 Å². The average molecular weight is 305 g/mol. The Kier molecular flexibility index (Phi) is 3.72. The molecule has 0 amide bonds. The molecule has 0 spiro atoms. The Morgan fingerprint density at radius 2 is 2.19 bits per heavy atom. The molecule has 0 radical (unpaired) electrons. The van der Waals surface area contributed by atoms with Crippen molar-refractivity contribution in [2.75, 3.05) is 0 Å². The predicted octanol–water partition coefficient (Wildman–Crippen LogP) is 3.34. The molecule has 0 N–H and O–H groups in total. The highest BCUT2D eigenvalue weighted by Gasteiger charge is 2.20. The minimum absolute atomic E-state index is 0.221. The summed E-state index contributed by atoms with van der Waals surface area (Å²) in [5.74, 6) is 0.984. The first kappa shape index (κ1) is 14.1. The zero-order valence-corrected chi connectivity index (χ0v) is 12.9. The van der Waals surface area contributed by atoms with Crippen LogP contribution in [0.2, 0.25) is 5.02 Å². The van der Waals surface area contributed by atoms with E-state index in [1.54, 1.807) is 4.68 Å². The number of hydrogen-bond donors (Lipinski definition) is 0. The molecule has 110 valence electrons. The first-order valence-corrected chi connectivity index (χ1v) is 7.47. The van der Waals surface area contributed by atoms with Crippen LogP contribution in [0.5, 0.6) is 5.75 Å². The maximum atomic E-state index is 11.6. The number of hydrogen-bond acceptors (Lipinski definition) is 3. The van der Waals surface area contributed by atoms with Gasteiger partial charge in [0.2, 0.25) is 0 Å². The molecule has 0 bridgehead atoms. The Morgan fingerprint density at radius 1 is 1.38 bits per heavy atom. The van der Waals surface area contributed by atoms with E-state index in [2.05, 4.69) is 5.10 Å². The van der Waals surface area contributed by atoms with E-state index in [4.69, 9.17) is 16.3 Å². The number of fused-ring (bicyclic) bond motifs is 1. The molecular weight excluding hydrogens is 288 g/mol. The van der Waals surface area contributed by atoms with Gasteiger partial charge in [-0.1, -0.05) is 18.5 Å². The van der Waals surface area contributed by atoms with Gasteiger partial charge in [-0.25, -0.2) is 0 Å². The first-order chi connectivity index (χ1) is 10.1. The van der Waals surface area contributed by atoms with Gasteiger partial charge in [0.15, 0.2) is 5.78 Å². The SMILES string of the molecule is CCc1nn(C)c(COc2ccc3c(c2)CCC3=O)c1Cl. The molecule has 1 aliphatic carbocycles. The molecule has 1 aliphatic rings. The van der Waals surface area contributed by atoms with Gasteiger partial charge >= 0.3 is 0 Å². The second kappa shape index (κ2) is 5.53. The zero-order valence-electron chi connectivity index (χ0n) is 12.1. The van der Waals surface area contributed by atoms with E-state index in [1.807, 2.05) is 32.2 Å². The molecule has 5 heteroatoms. The lowest BCUT2D eigenvalue weighted by Crippen LogP contribution is -2.04. The minimum Gasteiger partial charge on any atom is -0.487 e. The largest absolute Gasteiger partial charge is 0.487 e. The smallest absolute Gasteiger partial charge is 0.163 e. The van der Waals surface area contributed by atoms with Gasteiger partial charge in [0.25, 0.3) is 0 Å². The number of aryl methyl sites for hydroxylation is 3. The summed E-state index contributed by atoms with van der Waals surface area (Å²) in [5, 5.41) is 5.05.